The van der Waals surface area contributed by atoms with Crippen molar-refractivity contribution in [3.8, 4) is 0 Å². The number of carbonyl (C=O) groups is 1. The smallest absolute Gasteiger partial charge is 0.338 e. The Kier molecular flexibility index (Phi) is 4.32. The van der Waals surface area contributed by atoms with Crippen molar-refractivity contribution in [2.75, 3.05) is 6.61 Å². The van der Waals surface area contributed by atoms with Gasteiger partial charge in [0.05, 0.1) is 11.5 Å². The predicted molar refractivity (Wildman–Crippen MR) is 67.6 cm³/mol. The Balaban J connectivity index is 3.19. The van der Waals surface area contributed by atoms with Gasteiger partial charge < -0.3 is 4.74 Å². The number of sulfone groups is 1. The molecule has 1 rings (SSSR count). The molecule has 1 aromatic carbocycles. The van der Waals surface area contributed by atoms with E-state index in [9.17, 15) is 13.2 Å². The minimum atomic E-state index is -3.82. The standard InChI is InChI=1S/C11H13BrO4S/c1-3-16-10(13)11(2,12)17(14,15)9-7-5-4-6-8-9/h4-8H,3H2,1-2H3. The Bertz CT molecular complexity index is 493. The summed E-state index contributed by atoms with van der Waals surface area (Å²) in [5.74, 6) is -0.816. The first-order valence-corrected chi connectivity index (χ1v) is 7.27. The van der Waals surface area contributed by atoms with Gasteiger partial charge in [-0.15, -0.1) is 0 Å². The van der Waals surface area contributed by atoms with Crippen LogP contribution in [0.15, 0.2) is 35.2 Å². The molecular weight excluding hydrogens is 308 g/mol. The molecule has 94 valence electrons. The SMILES string of the molecule is CCOC(=O)C(C)(Br)S(=O)(=O)c1ccccc1. The van der Waals surface area contributed by atoms with Crippen LogP contribution in [-0.2, 0) is 19.4 Å². The van der Waals surface area contributed by atoms with Crippen molar-refractivity contribution in [2.45, 2.75) is 22.4 Å². The van der Waals surface area contributed by atoms with Crippen LogP contribution in [0, 0.1) is 0 Å². The zero-order chi connectivity index (χ0) is 13.1. The van der Waals surface area contributed by atoms with Gasteiger partial charge in [-0.05, 0) is 26.0 Å². The average Bonchev–Trinajstić information content (AvgIpc) is 2.30. The number of hydrogen-bond acceptors (Lipinski definition) is 4. The second kappa shape index (κ2) is 5.18. The van der Waals surface area contributed by atoms with Crippen LogP contribution in [0.5, 0.6) is 0 Å². The van der Waals surface area contributed by atoms with Gasteiger partial charge in [-0.1, -0.05) is 34.1 Å². The van der Waals surface area contributed by atoms with Gasteiger partial charge in [-0.25, -0.2) is 13.2 Å². The number of ether oxygens (including phenoxy) is 1. The summed E-state index contributed by atoms with van der Waals surface area (Å²) in [4.78, 5) is 11.7. The Labute approximate surface area is 109 Å². The lowest BCUT2D eigenvalue weighted by Crippen LogP contribution is -2.39. The molecule has 0 saturated heterocycles. The van der Waals surface area contributed by atoms with Crippen molar-refractivity contribution < 1.29 is 17.9 Å². The highest BCUT2D eigenvalue weighted by molar-refractivity contribution is 9.12. The molecule has 1 aromatic rings. The maximum absolute atomic E-state index is 12.2. The number of carbonyl (C=O) groups excluding carboxylic acids is 1. The van der Waals surface area contributed by atoms with Gasteiger partial charge in [0.15, 0.2) is 0 Å². The van der Waals surface area contributed by atoms with E-state index in [1.54, 1.807) is 25.1 Å². The van der Waals surface area contributed by atoms with Gasteiger partial charge >= 0.3 is 5.97 Å². The number of benzene rings is 1. The molecule has 0 N–H and O–H groups in total. The van der Waals surface area contributed by atoms with Gasteiger partial charge in [0, 0.05) is 0 Å². The summed E-state index contributed by atoms with van der Waals surface area (Å²) < 4.78 is 27.4. The third kappa shape index (κ3) is 2.69. The second-order valence-electron chi connectivity index (χ2n) is 3.45. The molecule has 0 amide bonds. The third-order valence-corrected chi connectivity index (χ3v) is 5.87. The summed E-state index contributed by atoms with van der Waals surface area (Å²) in [5.41, 5.74) is 0. The lowest BCUT2D eigenvalue weighted by molar-refractivity contribution is -0.143. The van der Waals surface area contributed by atoms with E-state index in [0.717, 1.165) is 0 Å². The highest BCUT2D eigenvalue weighted by Gasteiger charge is 2.46. The molecular formula is C11H13BrO4S. The summed E-state index contributed by atoms with van der Waals surface area (Å²) in [5, 5.41) is 0. The quantitative estimate of drug-likeness (QED) is 0.630. The van der Waals surface area contributed by atoms with Crippen molar-refractivity contribution in [3.63, 3.8) is 0 Å². The second-order valence-corrected chi connectivity index (χ2v) is 7.86. The molecule has 0 aliphatic heterocycles. The van der Waals surface area contributed by atoms with Gasteiger partial charge in [-0.3, -0.25) is 0 Å². The van der Waals surface area contributed by atoms with Gasteiger partial charge in [0.25, 0.3) is 0 Å². The topological polar surface area (TPSA) is 60.4 Å². The van der Waals surface area contributed by atoms with E-state index in [1.165, 1.54) is 19.1 Å². The van der Waals surface area contributed by atoms with Gasteiger partial charge in [0.1, 0.15) is 0 Å². The zero-order valence-electron chi connectivity index (χ0n) is 9.51. The third-order valence-electron chi connectivity index (χ3n) is 2.20. The van der Waals surface area contributed by atoms with Crippen LogP contribution in [0.2, 0.25) is 0 Å². The summed E-state index contributed by atoms with van der Waals surface area (Å²) in [6.07, 6.45) is 0. The molecule has 4 nitrogen and oxygen atoms in total. The lowest BCUT2D eigenvalue weighted by Gasteiger charge is -2.20. The van der Waals surface area contributed by atoms with E-state index >= 15 is 0 Å². The molecule has 1 atom stereocenters. The number of halogens is 1. The van der Waals surface area contributed by atoms with E-state index in [4.69, 9.17) is 4.74 Å². The molecule has 0 bridgehead atoms. The van der Waals surface area contributed by atoms with Crippen molar-refractivity contribution in [2.24, 2.45) is 0 Å². The fourth-order valence-electron chi connectivity index (χ4n) is 1.19. The fourth-order valence-corrected chi connectivity index (χ4v) is 3.10. The Morgan fingerprint density at radius 3 is 2.35 bits per heavy atom. The summed E-state index contributed by atoms with van der Waals surface area (Å²) in [6, 6.07) is 7.78. The van der Waals surface area contributed by atoms with Crippen LogP contribution in [0.1, 0.15) is 13.8 Å². The van der Waals surface area contributed by atoms with Crippen LogP contribution in [0.3, 0.4) is 0 Å². The number of esters is 1. The summed E-state index contributed by atoms with van der Waals surface area (Å²) >= 11 is 2.94. The minimum Gasteiger partial charge on any atom is -0.464 e. The molecule has 0 spiro atoms. The number of hydrogen-bond donors (Lipinski definition) is 0. The zero-order valence-corrected chi connectivity index (χ0v) is 11.9. The first-order valence-electron chi connectivity index (χ1n) is 5.00. The molecule has 0 heterocycles. The van der Waals surface area contributed by atoms with Gasteiger partial charge in [-0.2, -0.15) is 0 Å². The summed E-state index contributed by atoms with van der Waals surface area (Å²) in [7, 11) is -3.82. The predicted octanol–water partition coefficient (Wildman–Crippen LogP) is 2.13. The Hall–Kier alpha value is -0.880. The van der Waals surface area contributed by atoms with E-state index in [0.29, 0.717) is 0 Å². The van der Waals surface area contributed by atoms with Crippen molar-refractivity contribution in [1.29, 1.82) is 0 Å². The normalized spacial score (nSPS) is 15.0. The largest absolute Gasteiger partial charge is 0.464 e. The van der Waals surface area contributed by atoms with Crippen LogP contribution >= 0.6 is 15.9 Å². The Morgan fingerprint density at radius 2 is 1.88 bits per heavy atom. The fraction of sp³-hybridized carbons (Fsp3) is 0.364. The van der Waals surface area contributed by atoms with Crippen LogP contribution in [-0.4, -0.2) is 24.7 Å². The van der Waals surface area contributed by atoms with Crippen molar-refractivity contribution in [1.82, 2.24) is 0 Å². The Morgan fingerprint density at radius 1 is 1.35 bits per heavy atom. The molecule has 0 aromatic heterocycles. The number of alkyl halides is 1. The number of rotatable bonds is 4. The molecule has 17 heavy (non-hydrogen) atoms. The maximum atomic E-state index is 12.2. The summed E-state index contributed by atoms with van der Waals surface area (Å²) in [6.45, 7) is 3.02. The lowest BCUT2D eigenvalue weighted by atomic mass is 10.4. The van der Waals surface area contributed by atoms with E-state index in [-0.39, 0.29) is 11.5 Å². The first kappa shape index (κ1) is 14.2. The molecule has 0 aliphatic rings. The molecule has 1 unspecified atom stereocenters. The first-order chi connectivity index (χ1) is 7.84. The molecule has 0 radical (unpaired) electrons. The van der Waals surface area contributed by atoms with Crippen LogP contribution in [0.4, 0.5) is 0 Å². The van der Waals surface area contributed by atoms with Crippen molar-refractivity contribution in [3.05, 3.63) is 30.3 Å². The maximum Gasteiger partial charge on any atom is 0.338 e. The molecule has 0 aliphatic carbocycles. The molecule has 0 saturated carbocycles. The monoisotopic (exact) mass is 320 g/mol. The molecule has 0 fully saturated rings. The van der Waals surface area contributed by atoms with Crippen LogP contribution in [0.25, 0.3) is 0 Å². The van der Waals surface area contributed by atoms with E-state index < -0.39 is 19.5 Å². The van der Waals surface area contributed by atoms with Crippen LogP contribution < -0.4 is 0 Å². The molecule has 6 heteroatoms. The van der Waals surface area contributed by atoms with E-state index in [1.807, 2.05) is 0 Å². The average molecular weight is 321 g/mol. The van der Waals surface area contributed by atoms with Crippen molar-refractivity contribution >= 4 is 31.7 Å². The highest BCUT2D eigenvalue weighted by Crippen LogP contribution is 2.32. The van der Waals surface area contributed by atoms with E-state index in [2.05, 4.69) is 15.9 Å². The highest BCUT2D eigenvalue weighted by atomic mass is 79.9. The van der Waals surface area contributed by atoms with Gasteiger partial charge in [0.2, 0.25) is 13.5 Å². The minimum absolute atomic E-state index is 0.0763.